The number of carbonyl (C=O) groups excluding carboxylic acids is 2. The third-order valence-corrected chi connectivity index (χ3v) is 2.72. The summed E-state index contributed by atoms with van der Waals surface area (Å²) in [7, 11) is 0. The fourth-order valence-electron chi connectivity index (χ4n) is 1.70. The van der Waals surface area contributed by atoms with Crippen molar-refractivity contribution in [2.75, 3.05) is 26.3 Å². The highest BCUT2D eigenvalue weighted by molar-refractivity contribution is 5.91. The first-order valence-electron chi connectivity index (χ1n) is 6.94. The lowest BCUT2D eigenvalue weighted by Crippen LogP contribution is -2.33. The number of hydrogen-bond donors (Lipinski definition) is 1. The van der Waals surface area contributed by atoms with Gasteiger partial charge < -0.3 is 19.2 Å². The first-order chi connectivity index (χ1) is 10.2. The van der Waals surface area contributed by atoms with E-state index in [2.05, 4.69) is 0 Å². The van der Waals surface area contributed by atoms with E-state index in [0.29, 0.717) is 25.3 Å². The summed E-state index contributed by atoms with van der Waals surface area (Å²) < 4.78 is 9.94. The van der Waals surface area contributed by atoms with E-state index in [9.17, 15) is 9.59 Å². The van der Waals surface area contributed by atoms with Gasteiger partial charge in [0.25, 0.3) is 0 Å². The molecule has 1 amide bonds. The summed E-state index contributed by atoms with van der Waals surface area (Å²) in [5.41, 5.74) is 0. The Bertz CT molecular complexity index is 453. The SMILES string of the molecule is CCOC(=O)CCN(CCCO)C(=O)/C=C/c1ccco1. The predicted molar refractivity (Wildman–Crippen MR) is 77.3 cm³/mol. The van der Waals surface area contributed by atoms with Crippen LogP contribution in [-0.2, 0) is 14.3 Å². The average molecular weight is 295 g/mol. The van der Waals surface area contributed by atoms with Crippen molar-refractivity contribution in [3.63, 3.8) is 0 Å². The van der Waals surface area contributed by atoms with Crippen LogP contribution < -0.4 is 0 Å². The topological polar surface area (TPSA) is 80.0 Å². The molecule has 0 bridgehead atoms. The highest BCUT2D eigenvalue weighted by atomic mass is 16.5. The number of ether oxygens (including phenoxy) is 1. The van der Waals surface area contributed by atoms with Crippen LogP contribution in [0.2, 0.25) is 0 Å². The zero-order valence-corrected chi connectivity index (χ0v) is 12.2. The quantitative estimate of drug-likeness (QED) is 0.551. The number of hydrogen-bond acceptors (Lipinski definition) is 5. The molecule has 1 heterocycles. The Hall–Kier alpha value is -2.08. The van der Waals surface area contributed by atoms with E-state index >= 15 is 0 Å². The van der Waals surface area contributed by atoms with Crippen LogP contribution >= 0.6 is 0 Å². The van der Waals surface area contributed by atoms with E-state index in [-0.39, 0.29) is 31.4 Å². The van der Waals surface area contributed by atoms with Gasteiger partial charge in [-0.15, -0.1) is 0 Å². The predicted octanol–water partition coefficient (Wildman–Crippen LogP) is 1.46. The van der Waals surface area contributed by atoms with Crippen LogP contribution in [0.15, 0.2) is 28.9 Å². The minimum absolute atomic E-state index is 0.00884. The standard InChI is InChI=1S/C15H21NO5/c1-2-20-15(19)8-10-16(9-4-11-17)14(18)7-6-13-5-3-12-21-13/h3,5-7,12,17H,2,4,8-11H2,1H3/b7-6+. The zero-order chi connectivity index (χ0) is 15.5. The van der Waals surface area contributed by atoms with Gasteiger partial charge in [0.05, 0.1) is 19.3 Å². The number of esters is 1. The van der Waals surface area contributed by atoms with Crippen LogP contribution in [-0.4, -0.2) is 48.2 Å². The first kappa shape index (κ1) is 17.0. The van der Waals surface area contributed by atoms with Crippen molar-refractivity contribution in [2.24, 2.45) is 0 Å². The van der Waals surface area contributed by atoms with E-state index in [1.165, 1.54) is 17.2 Å². The average Bonchev–Trinajstić information content (AvgIpc) is 2.98. The molecule has 0 unspecified atom stereocenters. The number of nitrogens with zero attached hydrogens (tertiary/aromatic N) is 1. The lowest BCUT2D eigenvalue weighted by atomic mass is 10.3. The molecule has 0 radical (unpaired) electrons. The Kier molecular flexibility index (Phi) is 7.89. The Balaban J connectivity index is 2.54. The summed E-state index contributed by atoms with van der Waals surface area (Å²) >= 11 is 0. The van der Waals surface area contributed by atoms with Crippen LogP contribution in [0.1, 0.15) is 25.5 Å². The van der Waals surface area contributed by atoms with Crippen LogP contribution in [0.3, 0.4) is 0 Å². The molecule has 0 aliphatic rings. The van der Waals surface area contributed by atoms with Crippen LogP contribution in [0.5, 0.6) is 0 Å². The van der Waals surface area contributed by atoms with Crippen molar-refractivity contribution in [3.05, 3.63) is 30.2 Å². The summed E-state index contributed by atoms with van der Waals surface area (Å²) in [4.78, 5) is 24.9. The summed E-state index contributed by atoms with van der Waals surface area (Å²) in [6, 6.07) is 3.47. The van der Waals surface area contributed by atoms with Crippen LogP contribution in [0, 0.1) is 0 Å². The fourth-order valence-corrected chi connectivity index (χ4v) is 1.70. The normalized spacial score (nSPS) is 10.8. The molecular formula is C15H21NO5. The van der Waals surface area contributed by atoms with Crippen molar-refractivity contribution in [2.45, 2.75) is 19.8 Å². The fraction of sp³-hybridized carbons (Fsp3) is 0.467. The number of rotatable bonds is 9. The van der Waals surface area contributed by atoms with E-state index < -0.39 is 0 Å². The van der Waals surface area contributed by atoms with Gasteiger partial charge in [0, 0.05) is 25.8 Å². The molecule has 0 saturated heterocycles. The van der Waals surface area contributed by atoms with E-state index in [1.807, 2.05) is 0 Å². The monoisotopic (exact) mass is 295 g/mol. The Morgan fingerprint density at radius 3 is 2.86 bits per heavy atom. The first-order valence-corrected chi connectivity index (χ1v) is 6.94. The molecule has 0 aliphatic carbocycles. The van der Waals surface area contributed by atoms with Gasteiger partial charge in [0.15, 0.2) is 0 Å². The minimum atomic E-state index is -0.339. The highest BCUT2D eigenvalue weighted by Gasteiger charge is 2.13. The maximum atomic E-state index is 12.1. The molecule has 1 aromatic rings. The summed E-state index contributed by atoms with van der Waals surface area (Å²) in [5.74, 6) is 0.00862. The Morgan fingerprint density at radius 2 is 2.24 bits per heavy atom. The van der Waals surface area contributed by atoms with Gasteiger partial charge in [-0.25, -0.2) is 0 Å². The minimum Gasteiger partial charge on any atom is -0.466 e. The van der Waals surface area contributed by atoms with Gasteiger partial charge in [-0.2, -0.15) is 0 Å². The van der Waals surface area contributed by atoms with Gasteiger partial charge in [-0.1, -0.05) is 0 Å². The highest BCUT2D eigenvalue weighted by Crippen LogP contribution is 2.04. The third kappa shape index (κ3) is 6.76. The molecular weight excluding hydrogens is 274 g/mol. The molecule has 0 saturated carbocycles. The van der Waals surface area contributed by atoms with Gasteiger partial charge in [-0.3, -0.25) is 9.59 Å². The molecule has 116 valence electrons. The number of carbonyl (C=O) groups is 2. The molecule has 0 spiro atoms. The smallest absolute Gasteiger partial charge is 0.307 e. The molecule has 1 aromatic heterocycles. The van der Waals surface area contributed by atoms with Gasteiger partial charge >= 0.3 is 5.97 Å². The molecule has 0 aromatic carbocycles. The van der Waals surface area contributed by atoms with Crippen LogP contribution in [0.25, 0.3) is 6.08 Å². The van der Waals surface area contributed by atoms with Crippen molar-refractivity contribution in [1.29, 1.82) is 0 Å². The van der Waals surface area contributed by atoms with Gasteiger partial charge in [0.2, 0.25) is 5.91 Å². The van der Waals surface area contributed by atoms with Crippen molar-refractivity contribution in [3.8, 4) is 0 Å². The number of aliphatic hydroxyl groups is 1. The molecule has 6 nitrogen and oxygen atoms in total. The second-order valence-electron chi connectivity index (χ2n) is 4.31. The largest absolute Gasteiger partial charge is 0.466 e. The zero-order valence-electron chi connectivity index (χ0n) is 12.2. The second kappa shape index (κ2) is 9.77. The maximum Gasteiger partial charge on any atom is 0.307 e. The summed E-state index contributed by atoms with van der Waals surface area (Å²) in [6.45, 7) is 2.70. The molecule has 1 N–H and O–H groups in total. The lowest BCUT2D eigenvalue weighted by Gasteiger charge is -2.20. The second-order valence-corrected chi connectivity index (χ2v) is 4.31. The Morgan fingerprint density at radius 1 is 1.43 bits per heavy atom. The summed E-state index contributed by atoms with van der Waals surface area (Å²) in [6.07, 6.45) is 5.08. The van der Waals surface area contributed by atoms with Crippen LogP contribution in [0.4, 0.5) is 0 Å². The molecule has 0 fully saturated rings. The van der Waals surface area contributed by atoms with Gasteiger partial charge in [0.1, 0.15) is 5.76 Å². The molecule has 1 rings (SSSR count). The summed E-state index contributed by atoms with van der Waals surface area (Å²) in [5, 5.41) is 8.88. The number of amides is 1. The number of aliphatic hydroxyl groups excluding tert-OH is 1. The van der Waals surface area contributed by atoms with E-state index in [1.54, 1.807) is 25.1 Å². The number of furan rings is 1. The van der Waals surface area contributed by atoms with Crippen molar-refractivity contribution >= 4 is 18.0 Å². The van der Waals surface area contributed by atoms with E-state index in [4.69, 9.17) is 14.3 Å². The molecule has 0 atom stereocenters. The van der Waals surface area contributed by atoms with Crippen molar-refractivity contribution in [1.82, 2.24) is 4.90 Å². The third-order valence-electron chi connectivity index (χ3n) is 2.72. The van der Waals surface area contributed by atoms with Crippen molar-refractivity contribution < 1.29 is 23.8 Å². The van der Waals surface area contributed by atoms with Gasteiger partial charge in [-0.05, 0) is 31.6 Å². The molecule has 21 heavy (non-hydrogen) atoms. The Labute approximate surface area is 124 Å². The lowest BCUT2D eigenvalue weighted by molar-refractivity contribution is -0.143. The molecule has 6 heteroatoms. The van der Waals surface area contributed by atoms with E-state index in [0.717, 1.165) is 0 Å². The maximum absolute atomic E-state index is 12.1. The molecule has 0 aliphatic heterocycles.